The first-order valence-electron chi connectivity index (χ1n) is 7.99. The molecule has 1 amide bonds. The first kappa shape index (κ1) is 16.5. The molecule has 0 aromatic carbocycles. The van der Waals surface area contributed by atoms with Gasteiger partial charge in [-0.05, 0) is 18.6 Å². The summed E-state index contributed by atoms with van der Waals surface area (Å²) >= 11 is 1.30. The van der Waals surface area contributed by atoms with Crippen LogP contribution in [-0.4, -0.2) is 53.2 Å². The van der Waals surface area contributed by atoms with Gasteiger partial charge in [0.15, 0.2) is 5.16 Å². The van der Waals surface area contributed by atoms with Crippen LogP contribution in [-0.2, 0) is 17.8 Å². The van der Waals surface area contributed by atoms with Crippen LogP contribution in [0.2, 0.25) is 0 Å². The van der Waals surface area contributed by atoms with E-state index < -0.39 is 0 Å². The zero-order valence-corrected chi connectivity index (χ0v) is 14.5. The summed E-state index contributed by atoms with van der Waals surface area (Å²) in [6.07, 6.45) is 5.20. The molecule has 0 radical (unpaired) electrons. The van der Waals surface area contributed by atoms with E-state index in [2.05, 4.69) is 30.1 Å². The second-order valence-corrected chi connectivity index (χ2v) is 6.69. The number of carbonyl (C=O) groups is 1. The number of thioether (sulfide) groups is 1. The van der Waals surface area contributed by atoms with Gasteiger partial charge in [0.1, 0.15) is 12.2 Å². The van der Waals surface area contributed by atoms with E-state index in [9.17, 15) is 9.59 Å². The third-order valence-corrected chi connectivity index (χ3v) is 4.95. The lowest BCUT2D eigenvalue weighted by Crippen LogP contribution is -2.40. The van der Waals surface area contributed by atoms with E-state index in [-0.39, 0.29) is 17.2 Å². The lowest BCUT2D eigenvalue weighted by Gasteiger charge is -2.27. The van der Waals surface area contributed by atoms with E-state index in [0.717, 1.165) is 5.56 Å². The number of hydrogen-bond acceptors (Lipinski definition) is 7. The average molecular weight is 369 g/mol. The van der Waals surface area contributed by atoms with Crippen molar-refractivity contribution in [3.8, 4) is 11.4 Å². The Balaban J connectivity index is 1.53. The highest BCUT2D eigenvalue weighted by Crippen LogP contribution is 2.19. The van der Waals surface area contributed by atoms with Gasteiger partial charge in [-0.1, -0.05) is 11.8 Å². The molecule has 0 saturated heterocycles. The number of nitrogens with zero attached hydrogens (tertiary/aromatic N) is 5. The van der Waals surface area contributed by atoms with Crippen LogP contribution >= 0.6 is 11.8 Å². The van der Waals surface area contributed by atoms with Crippen molar-refractivity contribution in [1.82, 2.24) is 35.0 Å². The quantitative estimate of drug-likeness (QED) is 0.647. The number of H-pyrrole nitrogens is 2. The molecule has 4 heterocycles. The maximum atomic E-state index is 12.5. The minimum atomic E-state index is -0.156. The Labute approximate surface area is 152 Å². The number of aromatic nitrogens is 6. The fourth-order valence-corrected chi connectivity index (χ4v) is 3.46. The molecule has 0 bridgehead atoms. The molecule has 0 spiro atoms. The minimum Gasteiger partial charge on any atom is -0.336 e. The van der Waals surface area contributed by atoms with Crippen LogP contribution in [0.15, 0.2) is 40.8 Å². The van der Waals surface area contributed by atoms with Gasteiger partial charge in [-0.2, -0.15) is 5.10 Å². The Kier molecular flexibility index (Phi) is 4.48. The highest BCUT2D eigenvalue weighted by molar-refractivity contribution is 7.99. The second kappa shape index (κ2) is 7.08. The lowest BCUT2D eigenvalue weighted by molar-refractivity contribution is -0.129. The summed E-state index contributed by atoms with van der Waals surface area (Å²) in [5.41, 5.74) is 1.86. The molecule has 3 aromatic heterocycles. The fraction of sp³-hybridized carbons (Fsp3) is 0.250. The summed E-state index contributed by atoms with van der Waals surface area (Å²) in [5.74, 6) is 0.692. The van der Waals surface area contributed by atoms with Gasteiger partial charge in [0.25, 0.3) is 5.56 Å². The van der Waals surface area contributed by atoms with Crippen LogP contribution in [0, 0.1) is 0 Å². The fourth-order valence-electron chi connectivity index (χ4n) is 2.78. The molecule has 0 atom stereocenters. The standard InChI is InChI=1S/C16H15N7O2S/c24-13(8-26-16-18-9-19-22-16)23-5-3-11-12(7-23)20-14(21-15(11)25)10-2-1-4-17-6-10/h1-2,4,6,9H,3,5,7-8H2,(H,18,19,22)(H,20,21,25). The Hall–Kier alpha value is -3.01. The second-order valence-electron chi connectivity index (χ2n) is 5.73. The Morgan fingerprint density at radius 2 is 2.31 bits per heavy atom. The van der Waals surface area contributed by atoms with E-state index in [0.29, 0.717) is 41.7 Å². The van der Waals surface area contributed by atoms with Crippen molar-refractivity contribution in [2.75, 3.05) is 12.3 Å². The third-order valence-electron chi connectivity index (χ3n) is 4.09. The van der Waals surface area contributed by atoms with Gasteiger partial charge in [-0.25, -0.2) is 9.97 Å². The van der Waals surface area contributed by atoms with Crippen molar-refractivity contribution in [1.29, 1.82) is 0 Å². The third kappa shape index (κ3) is 3.36. The van der Waals surface area contributed by atoms with Crippen molar-refractivity contribution >= 4 is 17.7 Å². The Morgan fingerprint density at radius 1 is 1.38 bits per heavy atom. The molecule has 132 valence electrons. The number of fused-ring (bicyclic) bond motifs is 1. The first-order chi connectivity index (χ1) is 12.7. The molecule has 26 heavy (non-hydrogen) atoms. The van der Waals surface area contributed by atoms with E-state index in [1.807, 2.05) is 6.07 Å². The van der Waals surface area contributed by atoms with Gasteiger partial charge in [0.2, 0.25) is 5.91 Å². The van der Waals surface area contributed by atoms with Crippen LogP contribution in [0.1, 0.15) is 11.3 Å². The molecule has 9 nitrogen and oxygen atoms in total. The zero-order valence-electron chi connectivity index (χ0n) is 13.7. The maximum absolute atomic E-state index is 12.5. The molecule has 0 unspecified atom stereocenters. The van der Waals surface area contributed by atoms with Crippen molar-refractivity contribution < 1.29 is 4.79 Å². The molecule has 2 N–H and O–H groups in total. The maximum Gasteiger partial charge on any atom is 0.254 e. The number of carbonyl (C=O) groups excluding carboxylic acids is 1. The zero-order chi connectivity index (χ0) is 17.9. The summed E-state index contributed by atoms with van der Waals surface area (Å²) in [6.45, 7) is 0.822. The largest absolute Gasteiger partial charge is 0.336 e. The lowest BCUT2D eigenvalue weighted by atomic mass is 10.1. The molecule has 3 aromatic rings. The van der Waals surface area contributed by atoms with E-state index in [1.165, 1.54) is 18.1 Å². The van der Waals surface area contributed by atoms with Crippen LogP contribution in [0.25, 0.3) is 11.4 Å². The summed E-state index contributed by atoms with van der Waals surface area (Å²) in [7, 11) is 0. The van der Waals surface area contributed by atoms with Gasteiger partial charge < -0.3 is 9.88 Å². The smallest absolute Gasteiger partial charge is 0.254 e. The monoisotopic (exact) mass is 369 g/mol. The van der Waals surface area contributed by atoms with Crippen LogP contribution in [0.5, 0.6) is 0 Å². The highest BCUT2D eigenvalue weighted by Gasteiger charge is 2.24. The molecule has 4 rings (SSSR count). The van der Waals surface area contributed by atoms with Gasteiger partial charge >= 0.3 is 0 Å². The number of aromatic amines is 2. The number of nitrogens with one attached hydrogen (secondary N) is 2. The van der Waals surface area contributed by atoms with Crippen LogP contribution in [0.4, 0.5) is 0 Å². The number of amides is 1. The normalized spacial score (nSPS) is 13.5. The number of hydrogen-bond donors (Lipinski definition) is 2. The first-order valence-corrected chi connectivity index (χ1v) is 8.97. The number of pyridine rings is 1. The van der Waals surface area contributed by atoms with E-state index >= 15 is 0 Å². The summed E-state index contributed by atoms with van der Waals surface area (Å²) in [4.78, 5) is 42.0. The predicted octanol–water partition coefficient (Wildman–Crippen LogP) is 0.627. The van der Waals surface area contributed by atoms with Gasteiger partial charge in [0.05, 0.1) is 18.0 Å². The van der Waals surface area contributed by atoms with Crippen LogP contribution in [0.3, 0.4) is 0 Å². The molecule has 0 aliphatic carbocycles. The van der Waals surface area contributed by atoms with Crippen molar-refractivity contribution in [3.05, 3.63) is 52.5 Å². The molecule has 0 fully saturated rings. The number of rotatable bonds is 4. The van der Waals surface area contributed by atoms with Gasteiger partial charge in [-0.15, -0.1) is 0 Å². The Bertz CT molecular complexity index is 972. The van der Waals surface area contributed by atoms with Gasteiger partial charge in [0, 0.05) is 30.1 Å². The van der Waals surface area contributed by atoms with Crippen molar-refractivity contribution in [2.24, 2.45) is 0 Å². The SMILES string of the molecule is O=C(CSc1ncn[nH]1)N1CCc2c(nc(-c3cccnc3)[nH]c2=O)C1. The van der Waals surface area contributed by atoms with Crippen molar-refractivity contribution in [3.63, 3.8) is 0 Å². The van der Waals surface area contributed by atoms with E-state index in [1.54, 1.807) is 23.4 Å². The van der Waals surface area contributed by atoms with Gasteiger partial charge in [-0.3, -0.25) is 19.7 Å². The molecule has 1 aliphatic heterocycles. The minimum absolute atomic E-state index is 0.0259. The average Bonchev–Trinajstić information content (AvgIpc) is 3.20. The topological polar surface area (TPSA) is 121 Å². The highest BCUT2D eigenvalue weighted by atomic mass is 32.2. The van der Waals surface area contributed by atoms with E-state index in [4.69, 9.17) is 0 Å². The summed E-state index contributed by atoms with van der Waals surface area (Å²) in [5, 5.41) is 7.07. The summed E-state index contributed by atoms with van der Waals surface area (Å²) in [6, 6.07) is 3.61. The van der Waals surface area contributed by atoms with Crippen LogP contribution < -0.4 is 5.56 Å². The molecular weight excluding hydrogens is 354 g/mol. The summed E-state index contributed by atoms with van der Waals surface area (Å²) < 4.78 is 0. The Morgan fingerprint density at radius 3 is 3.08 bits per heavy atom. The molecule has 0 saturated carbocycles. The predicted molar refractivity (Wildman–Crippen MR) is 94.3 cm³/mol. The molecule has 1 aliphatic rings. The molecular formula is C16H15N7O2S. The van der Waals surface area contributed by atoms with Crippen molar-refractivity contribution in [2.45, 2.75) is 18.1 Å². The molecule has 10 heteroatoms.